The first kappa shape index (κ1) is 12.4. The van der Waals surface area contributed by atoms with Crippen LogP contribution in [0.25, 0.3) is 10.4 Å². The summed E-state index contributed by atoms with van der Waals surface area (Å²) in [6.45, 7) is 3.70. The van der Waals surface area contributed by atoms with E-state index in [0.29, 0.717) is 11.3 Å². The summed E-state index contributed by atoms with van der Waals surface area (Å²) in [5, 5.41) is 12.7. The number of hydrogen-bond donors (Lipinski definition) is 1. The van der Waals surface area contributed by atoms with Crippen LogP contribution in [0.4, 0.5) is 0 Å². The highest BCUT2D eigenvalue weighted by Crippen LogP contribution is 2.30. The maximum absolute atomic E-state index is 9.17. The lowest BCUT2D eigenvalue weighted by molar-refractivity contribution is 0.264. The Balaban J connectivity index is 3.29. The van der Waals surface area contributed by atoms with Gasteiger partial charge in [-0.1, -0.05) is 11.2 Å². The van der Waals surface area contributed by atoms with Gasteiger partial charge in [-0.3, -0.25) is 0 Å². The smallest absolute Gasteiger partial charge is 0.122 e. The van der Waals surface area contributed by atoms with Gasteiger partial charge >= 0.3 is 0 Å². The molecule has 16 heavy (non-hydrogen) atoms. The topological polar surface area (TPSA) is 78.2 Å². The summed E-state index contributed by atoms with van der Waals surface area (Å²) in [4.78, 5) is 2.72. The lowest BCUT2D eigenvalue weighted by atomic mass is 10.0. The molecule has 86 valence electrons. The van der Waals surface area contributed by atoms with E-state index in [0.717, 1.165) is 11.1 Å². The van der Waals surface area contributed by atoms with Crippen LogP contribution in [-0.2, 0) is 0 Å². The summed E-state index contributed by atoms with van der Waals surface area (Å²) in [6, 6.07) is 3.16. The van der Waals surface area contributed by atoms with Crippen LogP contribution in [-0.4, -0.2) is 18.8 Å². The van der Waals surface area contributed by atoms with Crippen molar-refractivity contribution >= 4 is 0 Å². The molecule has 1 unspecified atom stereocenters. The van der Waals surface area contributed by atoms with Gasteiger partial charge in [0.15, 0.2) is 0 Å². The molecular weight excluding hydrogens is 206 g/mol. The molecule has 0 saturated carbocycles. The van der Waals surface area contributed by atoms with Crippen molar-refractivity contribution in [3.8, 4) is 5.75 Å². The van der Waals surface area contributed by atoms with Crippen LogP contribution in [0, 0.1) is 13.8 Å². The summed E-state index contributed by atoms with van der Waals surface area (Å²) in [7, 11) is 1.55. The summed E-state index contributed by atoms with van der Waals surface area (Å²) in [6.07, 6.45) is 0. The van der Waals surface area contributed by atoms with Crippen molar-refractivity contribution in [2.75, 3.05) is 13.7 Å². The summed E-state index contributed by atoms with van der Waals surface area (Å²) < 4.78 is 5.22. The molecular formula is C11H15N3O2. The van der Waals surface area contributed by atoms with Gasteiger partial charge in [-0.05, 0) is 36.6 Å². The third kappa shape index (κ3) is 2.45. The fourth-order valence-electron chi connectivity index (χ4n) is 1.51. The van der Waals surface area contributed by atoms with Crippen LogP contribution in [0.3, 0.4) is 0 Å². The van der Waals surface area contributed by atoms with E-state index < -0.39 is 6.04 Å². The third-order valence-electron chi connectivity index (χ3n) is 2.57. The highest BCUT2D eigenvalue weighted by Gasteiger charge is 2.15. The van der Waals surface area contributed by atoms with E-state index in [4.69, 9.17) is 10.3 Å². The molecule has 0 aliphatic carbocycles. The number of aryl methyl sites for hydroxylation is 2. The number of azide groups is 1. The minimum Gasteiger partial charge on any atom is -0.496 e. The van der Waals surface area contributed by atoms with Crippen LogP contribution >= 0.6 is 0 Å². The molecule has 1 aromatic carbocycles. The molecule has 0 radical (unpaired) electrons. The standard InChI is InChI=1S/C11H15N3O2/c1-7-4-9(10(6-15)13-14-12)11(16-3)5-8(7)2/h4-5,10,15H,6H2,1-3H3. The predicted octanol–water partition coefficient (Wildman–Crippen LogP) is 2.66. The van der Waals surface area contributed by atoms with Gasteiger partial charge in [0.2, 0.25) is 0 Å². The normalized spacial score (nSPS) is 11.8. The second-order valence-electron chi connectivity index (χ2n) is 3.58. The van der Waals surface area contributed by atoms with Crippen molar-refractivity contribution in [2.45, 2.75) is 19.9 Å². The zero-order valence-corrected chi connectivity index (χ0v) is 9.64. The van der Waals surface area contributed by atoms with Crippen LogP contribution in [0.5, 0.6) is 5.75 Å². The predicted molar refractivity (Wildman–Crippen MR) is 61.4 cm³/mol. The third-order valence-corrected chi connectivity index (χ3v) is 2.57. The van der Waals surface area contributed by atoms with E-state index in [2.05, 4.69) is 10.0 Å². The van der Waals surface area contributed by atoms with Gasteiger partial charge in [0.05, 0.1) is 19.8 Å². The van der Waals surface area contributed by atoms with E-state index in [1.165, 1.54) is 0 Å². The fourth-order valence-corrected chi connectivity index (χ4v) is 1.51. The molecule has 0 heterocycles. The van der Waals surface area contributed by atoms with Gasteiger partial charge in [-0.25, -0.2) is 0 Å². The monoisotopic (exact) mass is 221 g/mol. The maximum Gasteiger partial charge on any atom is 0.122 e. The number of aliphatic hydroxyl groups excluding tert-OH is 1. The first-order valence-electron chi connectivity index (χ1n) is 4.94. The second kappa shape index (κ2) is 5.39. The zero-order valence-electron chi connectivity index (χ0n) is 9.64. The van der Waals surface area contributed by atoms with Crippen LogP contribution in [0.1, 0.15) is 22.7 Å². The largest absolute Gasteiger partial charge is 0.496 e. The Hall–Kier alpha value is -1.71. The molecule has 5 heteroatoms. The number of rotatable bonds is 4. The maximum atomic E-state index is 9.17. The molecule has 0 aliphatic rings. The Morgan fingerprint density at radius 1 is 1.44 bits per heavy atom. The molecule has 1 N–H and O–H groups in total. The Morgan fingerprint density at radius 3 is 2.56 bits per heavy atom. The van der Waals surface area contributed by atoms with Crippen molar-refractivity contribution < 1.29 is 9.84 Å². The minimum absolute atomic E-state index is 0.233. The first-order valence-corrected chi connectivity index (χ1v) is 4.94. The van der Waals surface area contributed by atoms with Crippen molar-refractivity contribution in [1.82, 2.24) is 0 Å². The minimum atomic E-state index is -0.598. The van der Waals surface area contributed by atoms with E-state index >= 15 is 0 Å². The molecule has 0 fully saturated rings. The zero-order chi connectivity index (χ0) is 12.1. The lowest BCUT2D eigenvalue weighted by Gasteiger charge is -2.15. The number of nitrogens with zero attached hydrogens (tertiary/aromatic N) is 3. The Labute approximate surface area is 94.3 Å². The van der Waals surface area contributed by atoms with Crippen molar-refractivity contribution in [3.05, 3.63) is 39.3 Å². The highest BCUT2D eigenvalue weighted by molar-refractivity contribution is 5.43. The Morgan fingerprint density at radius 2 is 2.06 bits per heavy atom. The van der Waals surface area contributed by atoms with Gasteiger partial charge in [-0.2, -0.15) is 0 Å². The average molecular weight is 221 g/mol. The van der Waals surface area contributed by atoms with Gasteiger partial charge in [0.25, 0.3) is 0 Å². The summed E-state index contributed by atoms with van der Waals surface area (Å²) in [5.41, 5.74) is 11.3. The first-order chi connectivity index (χ1) is 7.63. The van der Waals surface area contributed by atoms with Gasteiger partial charge in [-0.15, -0.1) is 0 Å². The second-order valence-corrected chi connectivity index (χ2v) is 3.58. The Kier molecular flexibility index (Phi) is 4.17. The van der Waals surface area contributed by atoms with Crippen molar-refractivity contribution in [2.24, 2.45) is 5.11 Å². The van der Waals surface area contributed by atoms with Crippen LogP contribution in [0.15, 0.2) is 17.2 Å². The molecule has 1 aromatic rings. The molecule has 0 bridgehead atoms. The van der Waals surface area contributed by atoms with Crippen molar-refractivity contribution in [1.29, 1.82) is 0 Å². The molecule has 0 aliphatic heterocycles. The highest BCUT2D eigenvalue weighted by atomic mass is 16.5. The van der Waals surface area contributed by atoms with Gasteiger partial charge in [0, 0.05) is 10.5 Å². The van der Waals surface area contributed by atoms with E-state index in [9.17, 15) is 5.11 Å². The molecule has 0 spiro atoms. The van der Waals surface area contributed by atoms with E-state index in [-0.39, 0.29) is 6.61 Å². The molecule has 0 amide bonds. The molecule has 1 atom stereocenters. The molecule has 1 rings (SSSR count). The number of ether oxygens (including phenoxy) is 1. The number of hydrogen-bond acceptors (Lipinski definition) is 3. The quantitative estimate of drug-likeness (QED) is 0.482. The molecule has 0 aromatic heterocycles. The van der Waals surface area contributed by atoms with Gasteiger partial charge in [0.1, 0.15) is 5.75 Å². The number of methoxy groups -OCH3 is 1. The van der Waals surface area contributed by atoms with Crippen LogP contribution in [0.2, 0.25) is 0 Å². The van der Waals surface area contributed by atoms with Crippen molar-refractivity contribution in [3.63, 3.8) is 0 Å². The summed E-state index contributed by atoms with van der Waals surface area (Å²) in [5.74, 6) is 0.634. The number of aliphatic hydroxyl groups is 1. The SMILES string of the molecule is COc1cc(C)c(C)cc1C(CO)N=[N+]=[N-]. The van der Waals surface area contributed by atoms with E-state index in [1.807, 2.05) is 26.0 Å². The van der Waals surface area contributed by atoms with E-state index in [1.54, 1.807) is 7.11 Å². The average Bonchev–Trinajstić information content (AvgIpc) is 2.29. The molecule has 5 nitrogen and oxygen atoms in total. The lowest BCUT2D eigenvalue weighted by Crippen LogP contribution is -2.04. The summed E-state index contributed by atoms with van der Waals surface area (Å²) >= 11 is 0. The van der Waals surface area contributed by atoms with Gasteiger partial charge < -0.3 is 9.84 Å². The molecule has 0 saturated heterocycles. The van der Waals surface area contributed by atoms with Crippen LogP contribution < -0.4 is 4.74 Å². The number of benzene rings is 1. The fraction of sp³-hybridized carbons (Fsp3) is 0.455. The Bertz CT molecular complexity index is 425.